The minimum absolute atomic E-state index is 0.234. The molecule has 0 aliphatic heterocycles. The van der Waals surface area contributed by atoms with Gasteiger partial charge in [-0.25, -0.2) is 0 Å². The van der Waals surface area contributed by atoms with E-state index in [1.807, 2.05) is 20.8 Å². The zero-order valence-electron chi connectivity index (χ0n) is 13.8. The number of aliphatic hydroxyl groups excluding tert-OH is 1. The minimum Gasteiger partial charge on any atom is -0.393 e. The summed E-state index contributed by atoms with van der Waals surface area (Å²) in [4.78, 5) is 0. The second-order valence-corrected chi connectivity index (χ2v) is 6.67. The van der Waals surface area contributed by atoms with E-state index in [0.717, 1.165) is 12.8 Å². The van der Waals surface area contributed by atoms with E-state index in [4.69, 9.17) is 5.73 Å². The first-order valence-corrected chi connectivity index (χ1v) is 8.40. The number of unbranched alkanes of at least 4 members (excludes halogenated alkanes) is 7. The molecule has 0 aromatic carbocycles. The van der Waals surface area contributed by atoms with E-state index in [-0.39, 0.29) is 17.6 Å². The van der Waals surface area contributed by atoms with Crippen LogP contribution in [0.2, 0.25) is 0 Å². The molecule has 0 spiro atoms. The van der Waals surface area contributed by atoms with E-state index in [1.165, 1.54) is 51.4 Å². The topological polar surface area (TPSA) is 46.2 Å². The van der Waals surface area contributed by atoms with Gasteiger partial charge in [0.1, 0.15) is 0 Å². The maximum Gasteiger partial charge on any atom is 0.0583 e. The summed E-state index contributed by atoms with van der Waals surface area (Å²) in [6, 6.07) is 0. The van der Waals surface area contributed by atoms with Crippen molar-refractivity contribution >= 4 is 0 Å². The molecule has 2 nitrogen and oxygen atoms in total. The van der Waals surface area contributed by atoms with Gasteiger partial charge in [0.25, 0.3) is 0 Å². The van der Waals surface area contributed by atoms with Crippen molar-refractivity contribution in [3.05, 3.63) is 0 Å². The minimum atomic E-state index is -0.267. The van der Waals surface area contributed by atoms with E-state index in [1.54, 1.807) is 0 Å². The highest BCUT2D eigenvalue weighted by molar-refractivity contribution is 4.86. The summed E-state index contributed by atoms with van der Waals surface area (Å²) in [6.45, 7) is 8.38. The van der Waals surface area contributed by atoms with Crippen molar-refractivity contribution in [1.29, 1.82) is 0 Å². The van der Waals surface area contributed by atoms with Crippen LogP contribution in [-0.2, 0) is 0 Å². The van der Waals surface area contributed by atoms with Gasteiger partial charge in [0.05, 0.1) is 6.10 Å². The van der Waals surface area contributed by atoms with Crippen LogP contribution in [0, 0.1) is 5.92 Å². The fraction of sp³-hybridized carbons (Fsp3) is 1.00. The number of nitrogens with two attached hydrogens (primary N) is 1. The molecule has 0 heterocycles. The molecule has 2 heteroatoms. The van der Waals surface area contributed by atoms with Gasteiger partial charge in [0.15, 0.2) is 0 Å². The van der Waals surface area contributed by atoms with Crippen LogP contribution < -0.4 is 5.73 Å². The molecule has 3 N–H and O–H groups in total. The van der Waals surface area contributed by atoms with Gasteiger partial charge in [0.2, 0.25) is 0 Å². The van der Waals surface area contributed by atoms with Crippen LogP contribution in [0.15, 0.2) is 0 Å². The zero-order chi connectivity index (χ0) is 14.7. The molecule has 0 aliphatic carbocycles. The first-order chi connectivity index (χ1) is 8.93. The second-order valence-electron chi connectivity index (χ2n) is 6.67. The lowest BCUT2D eigenvalue weighted by Gasteiger charge is -2.34. The van der Waals surface area contributed by atoms with Gasteiger partial charge in [-0.1, -0.05) is 65.2 Å². The SMILES string of the molecule is CCCCCCCCCCC(C(O)CC)C(C)(C)N. The predicted molar refractivity (Wildman–Crippen MR) is 85.3 cm³/mol. The molecule has 0 radical (unpaired) electrons. The largest absolute Gasteiger partial charge is 0.393 e. The van der Waals surface area contributed by atoms with Crippen LogP contribution in [0.25, 0.3) is 0 Å². The summed E-state index contributed by atoms with van der Waals surface area (Å²) in [5.41, 5.74) is 5.92. The molecule has 2 atom stereocenters. The number of rotatable bonds is 12. The average molecular weight is 271 g/mol. The lowest BCUT2D eigenvalue weighted by molar-refractivity contribution is 0.0594. The van der Waals surface area contributed by atoms with Crippen LogP contribution in [0.5, 0.6) is 0 Å². The van der Waals surface area contributed by atoms with Gasteiger partial charge < -0.3 is 10.8 Å². The monoisotopic (exact) mass is 271 g/mol. The lowest BCUT2D eigenvalue weighted by atomic mass is 9.79. The van der Waals surface area contributed by atoms with Gasteiger partial charge >= 0.3 is 0 Å². The van der Waals surface area contributed by atoms with Crippen molar-refractivity contribution in [2.45, 2.75) is 104 Å². The fourth-order valence-electron chi connectivity index (χ4n) is 2.84. The Morgan fingerprint density at radius 3 is 1.79 bits per heavy atom. The van der Waals surface area contributed by atoms with E-state index >= 15 is 0 Å². The third kappa shape index (κ3) is 9.45. The van der Waals surface area contributed by atoms with E-state index in [2.05, 4.69) is 6.92 Å². The highest BCUT2D eigenvalue weighted by Crippen LogP contribution is 2.26. The highest BCUT2D eigenvalue weighted by Gasteiger charge is 2.29. The molecule has 0 bridgehead atoms. The molecule has 116 valence electrons. The highest BCUT2D eigenvalue weighted by atomic mass is 16.3. The molecular weight excluding hydrogens is 234 g/mol. The van der Waals surface area contributed by atoms with Crippen molar-refractivity contribution in [1.82, 2.24) is 0 Å². The van der Waals surface area contributed by atoms with E-state index in [0.29, 0.717) is 0 Å². The summed E-state index contributed by atoms with van der Waals surface area (Å²) >= 11 is 0. The molecule has 0 aromatic rings. The van der Waals surface area contributed by atoms with Crippen LogP contribution in [0.1, 0.15) is 91.9 Å². The van der Waals surface area contributed by atoms with Gasteiger partial charge in [-0.05, 0) is 26.7 Å². The van der Waals surface area contributed by atoms with Crippen molar-refractivity contribution in [2.24, 2.45) is 11.7 Å². The maximum atomic E-state index is 10.1. The van der Waals surface area contributed by atoms with Gasteiger partial charge in [0, 0.05) is 11.5 Å². The maximum absolute atomic E-state index is 10.1. The normalized spacial score (nSPS) is 15.5. The Kier molecular flexibility index (Phi) is 10.6. The van der Waals surface area contributed by atoms with Gasteiger partial charge in [-0.2, -0.15) is 0 Å². The Balaban J connectivity index is 3.71. The van der Waals surface area contributed by atoms with Crippen LogP contribution in [0.4, 0.5) is 0 Å². The van der Waals surface area contributed by atoms with Crippen LogP contribution in [0.3, 0.4) is 0 Å². The molecule has 0 fully saturated rings. The molecule has 0 saturated carbocycles. The predicted octanol–water partition coefficient (Wildman–Crippen LogP) is 4.64. The summed E-state index contributed by atoms with van der Waals surface area (Å²) < 4.78 is 0. The fourth-order valence-corrected chi connectivity index (χ4v) is 2.84. The first kappa shape index (κ1) is 18.9. The molecule has 0 amide bonds. The van der Waals surface area contributed by atoms with Gasteiger partial charge in [-0.3, -0.25) is 0 Å². The Labute approximate surface area is 121 Å². The standard InChI is InChI=1S/C17H37NO/c1-5-7-8-9-10-11-12-13-14-15(16(19)6-2)17(3,4)18/h15-16,19H,5-14,18H2,1-4H3. The van der Waals surface area contributed by atoms with Crippen molar-refractivity contribution in [3.8, 4) is 0 Å². The molecule has 0 aromatic heterocycles. The van der Waals surface area contributed by atoms with E-state index < -0.39 is 0 Å². The zero-order valence-corrected chi connectivity index (χ0v) is 13.8. The van der Waals surface area contributed by atoms with Crippen molar-refractivity contribution in [2.75, 3.05) is 0 Å². The van der Waals surface area contributed by atoms with Crippen LogP contribution in [-0.4, -0.2) is 16.7 Å². The second kappa shape index (κ2) is 10.7. The molecular formula is C17H37NO. The van der Waals surface area contributed by atoms with Crippen molar-refractivity contribution in [3.63, 3.8) is 0 Å². The summed E-state index contributed by atoms with van der Waals surface area (Å²) in [7, 11) is 0. The molecule has 0 rings (SSSR count). The Morgan fingerprint density at radius 2 is 1.37 bits per heavy atom. The van der Waals surface area contributed by atoms with Crippen molar-refractivity contribution < 1.29 is 5.11 Å². The summed E-state index contributed by atoms with van der Waals surface area (Å²) in [5.74, 6) is 0.234. The quantitative estimate of drug-likeness (QED) is 0.508. The van der Waals surface area contributed by atoms with Gasteiger partial charge in [-0.15, -0.1) is 0 Å². The molecule has 19 heavy (non-hydrogen) atoms. The molecule has 0 aliphatic rings. The third-order valence-corrected chi connectivity index (χ3v) is 4.21. The summed E-state index contributed by atoms with van der Waals surface area (Å²) in [5, 5.41) is 10.1. The number of hydrogen-bond acceptors (Lipinski definition) is 2. The molecule has 2 unspecified atom stereocenters. The summed E-state index contributed by atoms with van der Waals surface area (Å²) in [6.07, 6.45) is 12.3. The smallest absolute Gasteiger partial charge is 0.0583 e. The Hall–Kier alpha value is -0.0800. The Morgan fingerprint density at radius 1 is 0.895 bits per heavy atom. The number of hydrogen-bond donors (Lipinski definition) is 2. The Bertz CT molecular complexity index is 198. The first-order valence-electron chi connectivity index (χ1n) is 8.40. The molecule has 0 saturated heterocycles. The third-order valence-electron chi connectivity index (χ3n) is 4.21. The number of aliphatic hydroxyl groups is 1. The lowest BCUT2D eigenvalue weighted by Crippen LogP contribution is -2.46. The average Bonchev–Trinajstić information content (AvgIpc) is 2.34. The van der Waals surface area contributed by atoms with E-state index in [9.17, 15) is 5.11 Å². The van der Waals surface area contributed by atoms with Crippen LogP contribution >= 0.6 is 0 Å².